The number of benzene rings is 3. The standard InChI is InChI=1S/C22H15N3O/c26-22-21(18-12-23-19-11-4-3-9-17(18)19)25-20(13-24-22)16-10-5-7-14-6-1-2-8-15(14)16/h1-13,23H,(H,24,26). The van der Waals surface area contributed by atoms with E-state index in [1.165, 1.54) is 0 Å². The number of hydrogen-bond acceptors (Lipinski definition) is 2. The first-order valence-electron chi connectivity index (χ1n) is 8.45. The number of para-hydroxylation sites is 1. The summed E-state index contributed by atoms with van der Waals surface area (Å²) in [5.41, 5.74) is 3.77. The van der Waals surface area contributed by atoms with Gasteiger partial charge < -0.3 is 9.97 Å². The lowest BCUT2D eigenvalue weighted by atomic mass is 10.0. The van der Waals surface area contributed by atoms with Gasteiger partial charge in [-0.2, -0.15) is 0 Å². The molecular formula is C22H15N3O. The first kappa shape index (κ1) is 14.7. The summed E-state index contributed by atoms with van der Waals surface area (Å²) in [6, 6.07) is 22.2. The molecule has 124 valence electrons. The average molecular weight is 337 g/mol. The van der Waals surface area contributed by atoms with E-state index in [0.29, 0.717) is 5.69 Å². The molecule has 0 aliphatic carbocycles. The monoisotopic (exact) mass is 337 g/mol. The van der Waals surface area contributed by atoms with Crippen molar-refractivity contribution in [1.82, 2.24) is 15.0 Å². The topological polar surface area (TPSA) is 61.5 Å². The zero-order valence-corrected chi connectivity index (χ0v) is 13.9. The molecule has 0 radical (unpaired) electrons. The second-order valence-electron chi connectivity index (χ2n) is 6.24. The molecule has 0 bridgehead atoms. The Morgan fingerprint density at radius 1 is 0.692 bits per heavy atom. The van der Waals surface area contributed by atoms with Gasteiger partial charge in [-0.3, -0.25) is 4.79 Å². The van der Waals surface area contributed by atoms with Gasteiger partial charge in [-0.05, 0) is 16.8 Å². The van der Waals surface area contributed by atoms with Gasteiger partial charge in [0.25, 0.3) is 5.56 Å². The molecule has 0 atom stereocenters. The molecule has 0 fully saturated rings. The van der Waals surface area contributed by atoms with E-state index in [1.807, 2.05) is 54.7 Å². The molecular weight excluding hydrogens is 322 g/mol. The summed E-state index contributed by atoms with van der Waals surface area (Å²) in [5, 5.41) is 3.24. The molecule has 3 aromatic carbocycles. The van der Waals surface area contributed by atoms with E-state index in [1.54, 1.807) is 6.20 Å². The van der Waals surface area contributed by atoms with Crippen LogP contribution < -0.4 is 5.56 Å². The molecule has 2 N–H and O–H groups in total. The highest BCUT2D eigenvalue weighted by Gasteiger charge is 2.13. The molecule has 2 heterocycles. The maximum absolute atomic E-state index is 12.5. The smallest absolute Gasteiger partial charge is 0.274 e. The second-order valence-corrected chi connectivity index (χ2v) is 6.24. The molecule has 4 heteroatoms. The van der Waals surface area contributed by atoms with Crippen LogP contribution in [-0.2, 0) is 0 Å². The molecule has 5 rings (SSSR count). The summed E-state index contributed by atoms with van der Waals surface area (Å²) in [7, 11) is 0. The fourth-order valence-electron chi connectivity index (χ4n) is 3.44. The number of aromatic nitrogens is 3. The van der Waals surface area contributed by atoms with E-state index in [2.05, 4.69) is 28.2 Å². The lowest BCUT2D eigenvalue weighted by Gasteiger charge is -2.07. The second kappa shape index (κ2) is 5.70. The normalized spacial score (nSPS) is 11.2. The van der Waals surface area contributed by atoms with Crippen LogP contribution in [0.25, 0.3) is 44.2 Å². The van der Waals surface area contributed by atoms with E-state index in [9.17, 15) is 4.79 Å². The first-order chi connectivity index (χ1) is 12.8. The molecule has 0 saturated heterocycles. The summed E-state index contributed by atoms with van der Waals surface area (Å²) < 4.78 is 0. The summed E-state index contributed by atoms with van der Waals surface area (Å²) in [6.07, 6.45) is 3.53. The Balaban J connectivity index is 1.76. The third-order valence-corrected chi connectivity index (χ3v) is 4.70. The van der Waals surface area contributed by atoms with Crippen molar-refractivity contribution in [3.8, 4) is 22.5 Å². The third kappa shape index (κ3) is 2.24. The van der Waals surface area contributed by atoms with Gasteiger partial charge in [0.05, 0.1) is 5.69 Å². The Morgan fingerprint density at radius 3 is 2.38 bits per heavy atom. The number of aromatic amines is 2. The van der Waals surface area contributed by atoms with E-state index in [4.69, 9.17) is 4.98 Å². The molecule has 0 spiro atoms. The number of nitrogens with one attached hydrogen (secondary N) is 2. The fourth-order valence-corrected chi connectivity index (χ4v) is 3.44. The van der Waals surface area contributed by atoms with Crippen molar-refractivity contribution in [3.05, 3.63) is 89.5 Å². The van der Waals surface area contributed by atoms with Crippen molar-refractivity contribution in [2.75, 3.05) is 0 Å². The minimum absolute atomic E-state index is 0.196. The van der Waals surface area contributed by atoms with E-state index in [0.717, 1.165) is 38.5 Å². The van der Waals surface area contributed by atoms with Crippen molar-refractivity contribution in [2.24, 2.45) is 0 Å². The van der Waals surface area contributed by atoms with Crippen molar-refractivity contribution >= 4 is 21.7 Å². The molecule has 2 aromatic heterocycles. The summed E-state index contributed by atoms with van der Waals surface area (Å²) in [4.78, 5) is 23.3. The summed E-state index contributed by atoms with van der Waals surface area (Å²) >= 11 is 0. The molecule has 0 saturated carbocycles. The Hall–Kier alpha value is -3.66. The minimum Gasteiger partial charge on any atom is -0.360 e. The number of nitrogens with zero attached hydrogens (tertiary/aromatic N) is 1. The zero-order chi connectivity index (χ0) is 17.5. The highest BCUT2D eigenvalue weighted by molar-refractivity contribution is 5.97. The first-order valence-corrected chi connectivity index (χ1v) is 8.45. The van der Waals surface area contributed by atoms with Crippen molar-refractivity contribution in [1.29, 1.82) is 0 Å². The lowest BCUT2D eigenvalue weighted by molar-refractivity contribution is 1.15. The maximum atomic E-state index is 12.5. The van der Waals surface area contributed by atoms with Gasteiger partial charge in [-0.15, -0.1) is 0 Å². The van der Waals surface area contributed by atoms with E-state index < -0.39 is 0 Å². The van der Waals surface area contributed by atoms with Gasteiger partial charge in [-0.25, -0.2) is 4.98 Å². The fraction of sp³-hybridized carbons (Fsp3) is 0. The number of H-pyrrole nitrogens is 2. The quantitative estimate of drug-likeness (QED) is 0.489. The van der Waals surface area contributed by atoms with Crippen LogP contribution in [0.1, 0.15) is 0 Å². The van der Waals surface area contributed by atoms with Crippen LogP contribution in [0.2, 0.25) is 0 Å². The predicted molar refractivity (Wildman–Crippen MR) is 105 cm³/mol. The van der Waals surface area contributed by atoms with E-state index in [-0.39, 0.29) is 5.56 Å². The van der Waals surface area contributed by atoms with Crippen molar-refractivity contribution < 1.29 is 0 Å². The van der Waals surface area contributed by atoms with Crippen LogP contribution in [-0.4, -0.2) is 15.0 Å². The number of hydrogen-bond donors (Lipinski definition) is 2. The SMILES string of the molecule is O=c1[nH]cc(-c2cccc3ccccc23)nc1-c1c[nH]c2ccccc12. The molecule has 26 heavy (non-hydrogen) atoms. The third-order valence-electron chi connectivity index (χ3n) is 4.70. The van der Waals surface area contributed by atoms with Gasteiger partial charge in [-0.1, -0.05) is 60.7 Å². The van der Waals surface area contributed by atoms with Crippen LogP contribution in [0.15, 0.2) is 83.9 Å². The van der Waals surface area contributed by atoms with Crippen LogP contribution in [0, 0.1) is 0 Å². The Labute approximate surface area is 149 Å². The number of rotatable bonds is 2. The van der Waals surface area contributed by atoms with Gasteiger partial charge in [0.1, 0.15) is 5.69 Å². The van der Waals surface area contributed by atoms with Crippen LogP contribution in [0.4, 0.5) is 0 Å². The Bertz CT molecular complexity index is 1310. The summed E-state index contributed by atoms with van der Waals surface area (Å²) in [6.45, 7) is 0. The molecule has 0 amide bonds. The van der Waals surface area contributed by atoms with Crippen molar-refractivity contribution in [3.63, 3.8) is 0 Å². The maximum Gasteiger partial charge on any atom is 0.274 e. The molecule has 0 aliphatic heterocycles. The van der Waals surface area contributed by atoms with Gasteiger partial charge in [0.15, 0.2) is 0 Å². The van der Waals surface area contributed by atoms with Gasteiger partial charge in [0.2, 0.25) is 0 Å². The minimum atomic E-state index is -0.196. The molecule has 0 aliphatic rings. The van der Waals surface area contributed by atoms with Gasteiger partial charge in [0, 0.05) is 34.4 Å². The Kier molecular flexibility index (Phi) is 3.22. The van der Waals surface area contributed by atoms with Crippen molar-refractivity contribution in [2.45, 2.75) is 0 Å². The molecule has 0 unspecified atom stereocenters. The largest absolute Gasteiger partial charge is 0.360 e. The van der Waals surface area contributed by atoms with Crippen LogP contribution in [0.3, 0.4) is 0 Å². The summed E-state index contributed by atoms with van der Waals surface area (Å²) in [5.74, 6) is 0. The van der Waals surface area contributed by atoms with E-state index >= 15 is 0 Å². The number of fused-ring (bicyclic) bond motifs is 2. The highest BCUT2D eigenvalue weighted by Crippen LogP contribution is 2.29. The van der Waals surface area contributed by atoms with Crippen LogP contribution in [0.5, 0.6) is 0 Å². The molecule has 5 aromatic rings. The molecule has 4 nitrogen and oxygen atoms in total. The predicted octanol–water partition coefficient (Wildman–Crippen LogP) is 4.74. The Morgan fingerprint density at radius 2 is 1.46 bits per heavy atom. The lowest BCUT2D eigenvalue weighted by Crippen LogP contribution is -2.11. The van der Waals surface area contributed by atoms with Gasteiger partial charge >= 0.3 is 0 Å². The average Bonchev–Trinajstić information content (AvgIpc) is 3.12. The zero-order valence-electron chi connectivity index (χ0n) is 13.9. The highest BCUT2D eigenvalue weighted by atomic mass is 16.1. The van der Waals surface area contributed by atoms with Crippen LogP contribution >= 0.6 is 0 Å².